The number of esters is 1. The number of rotatable bonds is 20. The number of allylic oxidation sites excluding steroid dienone is 2. The standard InChI is InChI=1S/C54H66N4O14S/c1-33-26-34(27-35(31-69-4)49(33)72-51(64)47-39-10-5-7-12-42(39)58(22-9-25-73(66,67)68)43-13-8-6-11-40(43)47)50(63)56-21-24-70-23-20-55-46(62)32-71-57-37-16-18-52(2)36(28-37)14-15-38-41-17-19-54(65,45(61)30-59)53(41,3)29-44(60)48(38)52/h5-8,10-13,26-28,38,41,44,48,59-60,65H,9,14-25,29-32H2,1-4H3,(H2-,55,56,62,63,66,67,68)/p+1/b57-37-. The van der Waals surface area contributed by atoms with Crippen LogP contribution in [0.2, 0.25) is 0 Å². The van der Waals surface area contributed by atoms with E-state index in [0.29, 0.717) is 69.7 Å². The highest BCUT2D eigenvalue weighted by atomic mass is 32.2. The number of ketones is 1. The van der Waals surface area contributed by atoms with Crippen LogP contribution in [0.15, 0.2) is 77.5 Å². The van der Waals surface area contributed by atoms with Gasteiger partial charge in [-0.3, -0.25) is 18.9 Å². The predicted molar refractivity (Wildman–Crippen MR) is 269 cm³/mol. The van der Waals surface area contributed by atoms with Crippen molar-refractivity contribution >= 4 is 61.2 Å². The van der Waals surface area contributed by atoms with Crippen LogP contribution in [-0.2, 0) is 47.2 Å². The largest absolute Gasteiger partial charge is 0.422 e. The number of aromatic nitrogens is 1. The number of nitrogens with one attached hydrogen (secondary N) is 2. The highest BCUT2D eigenvalue weighted by Gasteiger charge is 2.68. The Kier molecular flexibility index (Phi) is 16.2. The topological polar surface area (TPSA) is 261 Å². The minimum Gasteiger partial charge on any atom is -0.422 e. The fourth-order valence-electron chi connectivity index (χ4n) is 12.8. The van der Waals surface area contributed by atoms with E-state index in [0.717, 1.165) is 25.0 Å². The van der Waals surface area contributed by atoms with Gasteiger partial charge in [-0.1, -0.05) is 48.8 Å². The van der Waals surface area contributed by atoms with Crippen LogP contribution in [0.4, 0.5) is 0 Å². The van der Waals surface area contributed by atoms with E-state index in [-0.39, 0.29) is 93.2 Å². The molecule has 0 saturated heterocycles. The lowest BCUT2D eigenvalue weighted by Crippen LogP contribution is -2.62. The van der Waals surface area contributed by atoms with Crippen molar-refractivity contribution in [1.29, 1.82) is 0 Å². The molecule has 6 N–H and O–H groups in total. The number of Topliss-reactive ketones (excluding diaryl/α,β-unsaturated/α-hetero) is 1. The van der Waals surface area contributed by atoms with Gasteiger partial charge in [0.25, 0.3) is 21.9 Å². The van der Waals surface area contributed by atoms with Gasteiger partial charge in [0, 0.05) is 55.3 Å². The van der Waals surface area contributed by atoms with E-state index in [2.05, 4.69) is 22.7 Å². The number of aliphatic hydroxyl groups is 3. The minimum atomic E-state index is -4.17. The molecule has 1 heterocycles. The highest BCUT2D eigenvalue weighted by molar-refractivity contribution is 7.85. The van der Waals surface area contributed by atoms with E-state index in [4.69, 9.17) is 19.0 Å². The fourth-order valence-corrected chi connectivity index (χ4v) is 13.3. The highest BCUT2D eigenvalue weighted by Crippen LogP contribution is 2.67. The minimum absolute atomic E-state index is 0.0350. The molecule has 0 spiro atoms. The van der Waals surface area contributed by atoms with Gasteiger partial charge in [-0.15, -0.1) is 0 Å². The first-order chi connectivity index (χ1) is 34.8. The van der Waals surface area contributed by atoms with Crippen molar-refractivity contribution < 1.29 is 71.1 Å². The van der Waals surface area contributed by atoms with Crippen LogP contribution in [0.25, 0.3) is 21.8 Å². The van der Waals surface area contributed by atoms with Gasteiger partial charge in [-0.2, -0.15) is 13.0 Å². The zero-order valence-electron chi connectivity index (χ0n) is 41.9. The Morgan fingerprint density at radius 2 is 1.62 bits per heavy atom. The molecule has 8 rings (SSSR count). The Labute approximate surface area is 424 Å². The number of hydrogen-bond acceptors (Lipinski definition) is 14. The maximum absolute atomic E-state index is 14.2. The quantitative estimate of drug-likeness (QED) is 0.0134. The molecule has 19 heteroatoms. The molecular weight excluding hydrogens is 961 g/mol. The molecule has 7 atom stereocenters. The Morgan fingerprint density at radius 1 is 0.932 bits per heavy atom. The number of methoxy groups -OCH3 is 1. The van der Waals surface area contributed by atoms with E-state index in [9.17, 15) is 47.5 Å². The van der Waals surface area contributed by atoms with Crippen molar-refractivity contribution in [3.8, 4) is 5.75 Å². The van der Waals surface area contributed by atoms with Crippen molar-refractivity contribution in [3.05, 3.63) is 94.6 Å². The summed E-state index contributed by atoms with van der Waals surface area (Å²) < 4.78 is 51.5. The number of aryl methyl sites for hydroxylation is 2. The molecule has 73 heavy (non-hydrogen) atoms. The first-order valence-electron chi connectivity index (χ1n) is 25.0. The van der Waals surface area contributed by atoms with Crippen molar-refractivity contribution in [3.63, 3.8) is 0 Å². The lowest BCUT2D eigenvalue weighted by molar-refractivity contribution is -0.645. The van der Waals surface area contributed by atoms with E-state index >= 15 is 0 Å². The molecule has 2 amide bonds. The van der Waals surface area contributed by atoms with Crippen LogP contribution < -0.4 is 19.9 Å². The number of amides is 2. The molecule has 3 fully saturated rings. The Bertz CT molecular complexity index is 2900. The normalized spacial score (nSPS) is 26.1. The van der Waals surface area contributed by atoms with Gasteiger partial charge in [-0.05, 0) is 111 Å². The average Bonchev–Trinajstić information content (AvgIpc) is 3.63. The maximum Gasteiger partial charge on any atom is 0.345 e. The van der Waals surface area contributed by atoms with Crippen LogP contribution >= 0.6 is 0 Å². The van der Waals surface area contributed by atoms with E-state index in [1.54, 1.807) is 43.3 Å². The van der Waals surface area contributed by atoms with Gasteiger partial charge in [0.1, 0.15) is 18.0 Å². The van der Waals surface area contributed by atoms with Crippen molar-refractivity contribution in [1.82, 2.24) is 10.6 Å². The molecule has 392 valence electrons. The fraction of sp³-hybridized carbons (Fsp3) is 0.519. The smallest absolute Gasteiger partial charge is 0.345 e. The number of benzene rings is 3. The zero-order chi connectivity index (χ0) is 52.3. The van der Waals surface area contributed by atoms with Crippen molar-refractivity contribution in [2.75, 3.05) is 52.4 Å². The second kappa shape index (κ2) is 22.0. The number of hydrogen-bond donors (Lipinski definition) is 6. The van der Waals surface area contributed by atoms with Crippen molar-refractivity contribution in [2.45, 2.75) is 97.0 Å². The molecule has 0 radical (unpaired) electrons. The zero-order valence-corrected chi connectivity index (χ0v) is 42.7. The summed E-state index contributed by atoms with van der Waals surface area (Å²) >= 11 is 0. The van der Waals surface area contributed by atoms with Crippen LogP contribution in [0.3, 0.4) is 0 Å². The van der Waals surface area contributed by atoms with Gasteiger partial charge in [0.15, 0.2) is 18.9 Å². The number of nitrogens with zero attached hydrogens (tertiary/aromatic N) is 2. The molecule has 18 nitrogen and oxygen atoms in total. The van der Waals surface area contributed by atoms with Crippen LogP contribution in [0.5, 0.6) is 5.75 Å². The Morgan fingerprint density at radius 3 is 2.29 bits per heavy atom. The third-order valence-corrected chi connectivity index (χ3v) is 17.0. The lowest BCUT2D eigenvalue weighted by Gasteiger charge is -2.60. The monoisotopic (exact) mass is 1030 g/mol. The van der Waals surface area contributed by atoms with E-state index in [1.807, 2.05) is 41.8 Å². The molecule has 4 aromatic rings. The number of pyridine rings is 1. The second-order valence-electron chi connectivity index (χ2n) is 20.5. The SMILES string of the molecule is COCc1cc(C(=O)NCCOCCNC(=O)CO/N=C2\C=C3CCC4C(C(O)CC5(C)C4CCC5(O)C(=O)CO)C3(C)CC2)cc(C)c1OC(=O)c1c2ccccc2[n+](CCCS(=O)(=O)O)c2ccccc12. The van der Waals surface area contributed by atoms with Crippen LogP contribution in [0, 0.1) is 35.5 Å². The average molecular weight is 1030 g/mol. The molecule has 4 aliphatic rings. The van der Waals surface area contributed by atoms with E-state index in [1.165, 1.54) is 12.7 Å². The summed E-state index contributed by atoms with van der Waals surface area (Å²) in [6.45, 7) is 5.88. The van der Waals surface area contributed by atoms with Crippen LogP contribution in [-0.4, -0.2) is 122 Å². The van der Waals surface area contributed by atoms with Gasteiger partial charge >= 0.3 is 5.97 Å². The summed E-state index contributed by atoms with van der Waals surface area (Å²) in [5.74, 6) is -1.95. The number of oxime groups is 1. The molecule has 4 aliphatic carbocycles. The summed E-state index contributed by atoms with van der Waals surface area (Å²) in [5, 5.41) is 43.8. The maximum atomic E-state index is 14.2. The number of carbonyl (C=O) groups is 4. The molecule has 3 saturated carbocycles. The third-order valence-electron chi connectivity index (χ3n) is 16.2. The Hall–Kier alpha value is -5.67. The number of para-hydroxylation sites is 2. The van der Waals surface area contributed by atoms with Gasteiger partial charge < -0.3 is 45.0 Å². The second-order valence-corrected chi connectivity index (χ2v) is 22.0. The van der Waals surface area contributed by atoms with Gasteiger partial charge in [0.05, 0.1) is 53.7 Å². The van der Waals surface area contributed by atoms with Crippen LogP contribution in [0.1, 0.15) is 97.1 Å². The summed E-state index contributed by atoms with van der Waals surface area (Å²) in [5.41, 5.74) is 2.18. The number of fused-ring (bicyclic) bond motifs is 7. The summed E-state index contributed by atoms with van der Waals surface area (Å²) in [4.78, 5) is 58.3. The summed E-state index contributed by atoms with van der Waals surface area (Å²) in [6, 6.07) is 17.7. The molecular formula is C54H67N4O14S+. The summed E-state index contributed by atoms with van der Waals surface area (Å²) in [7, 11) is -2.67. The van der Waals surface area contributed by atoms with Gasteiger partial charge in [-0.25, -0.2) is 4.79 Å². The predicted octanol–water partition coefficient (Wildman–Crippen LogP) is 4.69. The number of carbonyl (C=O) groups excluding carboxylic acids is 4. The van der Waals surface area contributed by atoms with E-state index < -0.39 is 51.4 Å². The van der Waals surface area contributed by atoms with Gasteiger partial charge in [0.2, 0.25) is 11.0 Å². The molecule has 0 bridgehead atoms. The lowest BCUT2D eigenvalue weighted by atomic mass is 9.45. The molecule has 1 aromatic heterocycles. The first kappa shape index (κ1) is 53.6. The third kappa shape index (κ3) is 10.8. The van der Waals surface area contributed by atoms with Crippen molar-refractivity contribution in [2.24, 2.45) is 33.7 Å². The Balaban J connectivity index is 0.794. The summed E-state index contributed by atoms with van der Waals surface area (Å²) in [6.07, 6.45) is 5.69. The first-order valence-corrected chi connectivity index (χ1v) is 26.6. The molecule has 3 aromatic carbocycles. The molecule has 7 unspecified atom stereocenters. The molecule has 0 aliphatic heterocycles. The number of ether oxygens (including phenoxy) is 3. The number of aliphatic hydroxyl groups excluding tert-OH is 2.